The number of aromatic nitrogens is 4. The van der Waals surface area contributed by atoms with Crippen molar-refractivity contribution in [2.45, 2.75) is 0 Å². The van der Waals surface area contributed by atoms with E-state index >= 15 is 0 Å². The van der Waals surface area contributed by atoms with Gasteiger partial charge in [-0.15, -0.1) is 0 Å². The molecule has 0 saturated heterocycles. The summed E-state index contributed by atoms with van der Waals surface area (Å²) in [5, 5.41) is 1.14. The maximum absolute atomic E-state index is 6.20. The van der Waals surface area contributed by atoms with Gasteiger partial charge in [0.2, 0.25) is 0 Å². The van der Waals surface area contributed by atoms with Gasteiger partial charge in [0.1, 0.15) is 0 Å². The molecule has 0 unspecified atom stereocenters. The Morgan fingerprint density at radius 2 is 0.969 bits per heavy atom. The summed E-state index contributed by atoms with van der Waals surface area (Å²) in [6.45, 7) is 0. The fourth-order valence-corrected chi connectivity index (χ4v) is 3.99. The fraction of sp³-hybridized carbons (Fsp3) is 0. The highest BCUT2D eigenvalue weighted by molar-refractivity contribution is 6.35. The van der Waals surface area contributed by atoms with E-state index in [1.54, 1.807) is 30.9 Å². The van der Waals surface area contributed by atoms with E-state index in [4.69, 9.17) is 33.2 Å². The van der Waals surface area contributed by atoms with Crippen LogP contribution >= 0.6 is 23.2 Å². The van der Waals surface area contributed by atoms with Gasteiger partial charge in [0.25, 0.3) is 0 Å². The minimum atomic E-state index is 0.571. The predicted molar refractivity (Wildman–Crippen MR) is 129 cm³/mol. The number of rotatable bonds is 4. The fourth-order valence-electron chi connectivity index (χ4n) is 3.46. The highest BCUT2D eigenvalue weighted by Gasteiger charge is 2.11. The molecule has 6 heteroatoms. The third-order valence-corrected chi connectivity index (χ3v) is 5.38. The van der Waals surface area contributed by atoms with Gasteiger partial charge >= 0.3 is 0 Å². The molecule has 4 aromatic heterocycles. The second-order valence-electron chi connectivity index (χ2n) is 7.18. The molecule has 0 atom stereocenters. The summed E-state index contributed by atoms with van der Waals surface area (Å²) in [5.41, 5.74) is 6.88. The smallest absolute Gasteiger partial charge is 0.0731 e. The first-order valence-corrected chi connectivity index (χ1v) is 10.7. The third-order valence-electron chi connectivity index (χ3n) is 4.94. The summed E-state index contributed by atoms with van der Waals surface area (Å²) in [6, 6.07) is 23.1. The van der Waals surface area contributed by atoms with Crippen molar-refractivity contribution in [3.63, 3.8) is 0 Å². The van der Waals surface area contributed by atoms with Crippen molar-refractivity contribution in [2.24, 2.45) is 0 Å². The Labute approximate surface area is 195 Å². The quantitative estimate of drug-likeness (QED) is 0.287. The van der Waals surface area contributed by atoms with Crippen LogP contribution in [0.5, 0.6) is 0 Å². The van der Waals surface area contributed by atoms with Crippen LogP contribution in [0.25, 0.3) is 45.0 Å². The minimum absolute atomic E-state index is 0.571. The molecule has 0 amide bonds. The molecule has 0 aliphatic rings. The van der Waals surface area contributed by atoms with Gasteiger partial charge in [-0.3, -0.25) is 9.97 Å². The van der Waals surface area contributed by atoms with Gasteiger partial charge in [0, 0.05) is 57.1 Å². The maximum Gasteiger partial charge on any atom is 0.0731 e. The van der Waals surface area contributed by atoms with E-state index in [1.807, 2.05) is 66.7 Å². The largest absolute Gasteiger partial charge is 0.264 e. The Morgan fingerprint density at radius 3 is 1.47 bits per heavy atom. The number of nitrogens with zero attached hydrogens (tertiary/aromatic N) is 4. The highest BCUT2D eigenvalue weighted by Crippen LogP contribution is 2.31. The lowest BCUT2D eigenvalue weighted by Crippen LogP contribution is -1.94. The molecule has 32 heavy (non-hydrogen) atoms. The molecule has 0 bridgehead atoms. The summed E-state index contributed by atoms with van der Waals surface area (Å²) >= 11 is 12.4. The Hall–Kier alpha value is -3.60. The Kier molecular flexibility index (Phi) is 5.63. The lowest BCUT2D eigenvalue weighted by atomic mass is 10.0. The predicted octanol–water partition coefficient (Wildman–Crippen LogP) is 7.24. The first-order valence-electron chi connectivity index (χ1n) is 9.92. The van der Waals surface area contributed by atoms with Crippen molar-refractivity contribution >= 4 is 23.2 Å². The number of hydrogen-bond donors (Lipinski definition) is 0. The van der Waals surface area contributed by atoms with E-state index in [-0.39, 0.29) is 0 Å². The Bertz CT molecular complexity index is 1310. The molecule has 0 aliphatic carbocycles. The summed E-state index contributed by atoms with van der Waals surface area (Å²) in [7, 11) is 0. The van der Waals surface area contributed by atoms with Gasteiger partial charge in [-0.1, -0.05) is 29.3 Å². The van der Waals surface area contributed by atoms with Crippen LogP contribution in [0.1, 0.15) is 0 Å². The van der Waals surface area contributed by atoms with Crippen molar-refractivity contribution in [3.05, 3.63) is 108 Å². The normalized spacial score (nSPS) is 10.8. The first kappa shape index (κ1) is 20.3. The number of halogens is 2. The lowest BCUT2D eigenvalue weighted by Gasteiger charge is -2.11. The topological polar surface area (TPSA) is 51.6 Å². The Balaban J connectivity index is 1.66. The van der Waals surface area contributed by atoms with Crippen LogP contribution in [0.15, 0.2) is 97.6 Å². The Morgan fingerprint density at radius 1 is 0.469 bits per heavy atom. The highest BCUT2D eigenvalue weighted by atomic mass is 35.5. The molecule has 5 aromatic rings. The second kappa shape index (κ2) is 8.87. The molecule has 0 fully saturated rings. The standard InChI is InChI=1S/C26H16Cl2N4/c27-21-10-19(11-22(28)14-21)23-6-1-7-24(31-23)20-12-25(17-4-2-8-29-15-17)32-26(13-20)18-5-3-9-30-16-18/h1-16H. The van der Waals surface area contributed by atoms with E-state index in [1.165, 1.54) is 0 Å². The monoisotopic (exact) mass is 454 g/mol. The van der Waals surface area contributed by atoms with Gasteiger partial charge in [0.05, 0.1) is 22.8 Å². The van der Waals surface area contributed by atoms with Crippen LogP contribution in [0.2, 0.25) is 10.0 Å². The second-order valence-corrected chi connectivity index (χ2v) is 8.05. The summed E-state index contributed by atoms with van der Waals surface area (Å²) in [6.07, 6.45) is 7.10. The van der Waals surface area contributed by atoms with Gasteiger partial charge < -0.3 is 0 Å². The van der Waals surface area contributed by atoms with Gasteiger partial charge in [-0.2, -0.15) is 0 Å². The van der Waals surface area contributed by atoms with Crippen molar-refractivity contribution in [1.29, 1.82) is 0 Å². The molecule has 4 nitrogen and oxygen atoms in total. The zero-order valence-corrected chi connectivity index (χ0v) is 18.3. The molecule has 0 N–H and O–H groups in total. The molecule has 5 rings (SSSR count). The van der Waals surface area contributed by atoms with Crippen LogP contribution in [-0.2, 0) is 0 Å². The van der Waals surface area contributed by atoms with E-state index in [2.05, 4.69) is 9.97 Å². The summed E-state index contributed by atoms with van der Waals surface area (Å²) in [4.78, 5) is 18.2. The van der Waals surface area contributed by atoms with Crippen molar-refractivity contribution < 1.29 is 0 Å². The molecular weight excluding hydrogens is 439 g/mol. The number of pyridine rings is 4. The molecule has 4 heterocycles. The van der Waals surface area contributed by atoms with Crippen LogP contribution < -0.4 is 0 Å². The van der Waals surface area contributed by atoms with Crippen molar-refractivity contribution in [3.8, 4) is 45.0 Å². The molecule has 0 saturated carbocycles. The van der Waals surface area contributed by atoms with Gasteiger partial charge in [0.15, 0.2) is 0 Å². The van der Waals surface area contributed by atoms with Crippen molar-refractivity contribution in [2.75, 3.05) is 0 Å². The van der Waals surface area contributed by atoms with Crippen LogP contribution in [0.4, 0.5) is 0 Å². The zero-order chi connectivity index (χ0) is 21.9. The molecule has 0 aliphatic heterocycles. The molecule has 154 valence electrons. The summed E-state index contributed by atoms with van der Waals surface area (Å²) in [5.74, 6) is 0. The van der Waals surface area contributed by atoms with Gasteiger partial charge in [-0.25, -0.2) is 9.97 Å². The number of benzene rings is 1. The minimum Gasteiger partial charge on any atom is -0.264 e. The number of hydrogen-bond acceptors (Lipinski definition) is 4. The first-order chi connectivity index (χ1) is 15.7. The zero-order valence-electron chi connectivity index (χ0n) is 16.8. The van der Waals surface area contributed by atoms with Crippen LogP contribution in [-0.4, -0.2) is 19.9 Å². The molecule has 0 radical (unpaired) electrons. The van der Waals surface area contributed by atoms with E-state index in [0.717, 1.165) is 45.0 Å². The average molecular weight is 455 g/mol. The summed E-state index contributed by atoms with van der Waals surface area (Å²) < 4.78 is 0. The van der Waals surface area contributed by atoms with E-state index in [0.29, 0.717) is 10.0 Å². The van der Waals surface area contributed by atoms with Crippen molar-refractivity contribution in [1.82, 2.24) is 19.9 Å². The van der Waals surface area contributed by atoms with Crippen LogP contribution in [0.3, 0.4) is 0 Å². The molecule has 0 spiro atoms. The van der Waals surface area contributed by atoms with Gasteiger partial charge in [-0.05, 0) is 66.7 Å². The lowest BCUT2D eigenvalue weighted by molar-refractivity contribution is 1.25. The average Bonchev–Trinajstić information content (AvgIpc) is 2.84. The van der Waals surface area contributed by atoms with E-state index < -0.39 is 0 Å². The van der Waals surface area contributed by atoms with E-state index in [9.17, 15) is 0 Å². The SMILES string of the molecule is Clc1cc(Cl)cc(-c2cccc(-c3cc(-c4cccnc4)nc(-c4cccnc4)c3)n2)c1. The molecular formula is C26H16Cl2N4. The maximum atomic E-state index is 6.20. The third kappa shape index (κ3) is 4.37. The molecule has 1 aromatic carbocycles. The van der Waals surface area contributed by atoms with Crippen LogP contribution in [0, 0.1) is 0 Å².